The highest BCUT2D eigenvalue weighted by Gasteiger charge is 2.11. The van der Waals surface area contributed by atoms with Crippen LogP contribution in [-0.4, -0.2) is 12.4 Å². The van der Waals surface area contributed by atoms with E-state index in [4.69, 9.17) is 5.73 Å². The molecule has 0 radical (unpaired) electrons. The van der Waals surface area contributed by atoms with E-state index in [0.29, 0.717) is 6.54 Å². The van der Waals surface area contributed by atoms with Crippen LogP contribution in [0.4, 0.5) is 13.2 Å². The highest BCUT2D eigenvalue weighted by atomic mass is 19.2. The summed E-state index contributed by atoms with van der Waals surface area (Å²) >= 11 is 0. The lowest BCUT2D eigenvalue weighted by Gasteiger charge is -2.02. The predicted octanol–water partition coefficient (Wildman–Crippen LogP) is 2.22. The van der Waals surface area contributed by atoms with Gasteiger partial charge in [-0.15, -0.1) is 0 Å². The molecule has 0 amide bonds. The van der Waals surface area contributed by atoms with Crippen molar-refractivity contribution in [2.75, 3.05) is 6.54 Å². The van der Waals surface area contributed by atoms with Crippen LogP contribution in [-0.2, 0) is 0 Å². The highest BCUT2D eigenvalue weighted by Crippen LogP contribution is 2.13. The van der Waals surface area contributed by atoms with Gasteiger partial charge in [-0.1, -0.05) is 6.92 Å². The zero-order chi connectivity index (χ0) is 11.4. The topological polar surface area (TPSA) is 38.4 Å². The first-order chi connectivity index (χ1) is 7.06. The summed E-state index contributed by atoms with van der Waals surface area (Å²) < 4.78 is 38.2. The maximum atomic E-state index is 12.8. The van der Waals surface area contributed by atoms with Gasteiger partial charge in [0, 0.05) is 12.1 Å². The summed E-state index contributed by atoms with van der Waals surface area (Å²) in [6.07, 6.45) is 0.771. The van der Waals surface area contributed by atoms with Gasteiger partial charge in [-0.05, 0) is 18.6 Å². The minimum Gasteiger partial charge on any atom is -0.384 e. The molecule has 0 atom stereocenters. The van der Waals surface area contributed by atoms with E-state index in [1.807, 2.05) is 6.92 Å². The number of hydrogen-bond donors (Lipinski definition) is 1. The molecule has 82 valence electrons. The van der Waals surface area contributed by atoms with Gasteiger partial charge < -0.3 is 5.73 Å². The predicted molar refractivity (Wildman–Crippen MR) is 52.2 cm³/mol. The van der Waals surface area contributed by atoms with Gasteiger partial charge in [0.1, 0.15) is 5.84 Å². The van der Waals surface area contributed by atoms with Crippen LogP contribution in [0, 0.1) is 17.5 Å². The molecular weight excluding hydrogens is 205 g/mol. The summed E-state index contributed by atoms with van der Waals surface area (Å²) in [6.45, 7) is 2.36. The van der Waals surface area contributed by atoms with E-state index >= 15 is 0 Å². The Morgan fingerprint density at radius 2 is 1.80 bits per heavy atom. The molecule has 0 saturated heterocycles. The highest BCUT2D eigenvalue weighted by molar-refractivity contribution is 5.97. The van der Waals surface area contributed by atoms with Crippen LogP contribution in [0.1, 0.15) is 18.9 Å². The van der Waals surface area contributed by atoms with Gasteiger partial charge in [0.15, 0.2) is 17.5 Å². The Morgan fingerprint density at radius 1 is 1.27 bits per heavy atom. The van der Waals surface area contributed by atoms with E-state index in [2.05, 4.69) is 4.99 Å². The van der Waals surface area contributed by atoms with Crippen molar-refractivity contribution in [3.63, 3.8) is 0 Å². The molecule has 0 aliphatic rings. The molecule has 0 heterocycles. The summed E-state index contributed by atoms with van der Waals surface area (Å²) in [5, 5.41) is 0. The quantitative estimate of drug-likeness (QED) is 0.469. The van der Waals surface area contributed by atoms with Crippen LogP contribution in [0.15, 0.2) is 17.1 Å². The third-order valence-electron chi connectivity index (χ3n) is 1.79. The third kappa shape index (κ3) is 2.71. The van der Waals surface area contributed by atoms with E-state index in [9.17, 15) is 13.2 Å². The number of amidine groups is 1. The Hall–Kier alpha value is -1.52. The van der Waals surface area contributed by atoms with E-state index in [0.717, 1.165) is 18.6 Å². The Labute approximate surface area is 85.6 Å². The maximum absolute atomic E-state index is 12.8. The zero-order valence-electron chi connectivity index (χ0n) is 8.23. The van der Waals surface area contributed by atoms with Gasteiger partial charge in [-0.2, -0.15) is 0 Å². The number of halogens is 3. The van der Waals surface area contributed by atoms with E-state index < -0.39 is 17.5 Å². The number of aliphatic imine (C=N–C) groups is 1. The molecule has 1 aromatic carbocycles. The van der Waals surface area contributed by atoms with Crippen molar-refractivity contribution < 1.29 is 13.2 Å². The van der Waals surface area contributed by atoms with Gasteiger partial charge in [-0.3, -0.25) is 4.99 Å². The van der Waals surface area contributed by atoms with Crippen LogP contribution in [0.25, 0.3) is 0 Å². The molecule has 0 spiro atoms. The number of hydrogen-bond acceptors (Lipinski definition) is 1. The molecule has 0 aromatic heterocycles. The average Bonchev–Trinajstić information content (AvgIpc) is 2.21. The SMILES string of the molecule is CCCN=C(N)c1cc(F)c(F)c(F)c1. The molecule has 5 heteroatoms. The Morgan fingerprint density at radius 3 is 2.27 bits per heavy atom. The lowest BCUT2D eigenvalue weighted by atomic mass is 10.2. The fraction of sp³-hybridized carbons (Fsp3) is 0.300. The molecule has 2 N–H and O–H groups in total. The third-order valence-corrected chi connectivity index (χ3v) is 1.79. The number of benzene rings is 1. The number of rotatable bonds is 3. The number of nitrogens with zero attached hydrogens (tertiary/aromatic N) is 1. The second kappa shape index (κ2) is 4.82. The van der Waals surface area contributed by atoms with Crippen molar-refractivity contribution in [1.82, 2.24) is 0 Å². The fourth-order valence-electron chi connectivity index (χ4n) is 1.03. The molecule has 0 saturated carbocycles. The van der Waals surface area contributed by atoms with Crippen LogP contribution in [0.2, 0.25) is 0 Å². The molecule has 2 nitrogen and oxygen atoms in total. The number of nitrogens with two attached hydrogens (primary N) is 1. The first-order valence-electron chi connectivity index (χ1n) is 4.51. The van der Waals surface area contributed by atoms with Crippen molar-refractivity contribution in [3.8, 4) is 0 Å². The normalized spacial score (nSPS) is 11.9. The van der Waals surface area contributed by atoms with Gasteiger partial charge in [-0.25, -0.2) is 13.2 Å². The van der Waals surface area contributed by atoms with Crippen molar-refractivity contribution >= 4 is 5.84 Å². The van der Waals surface area contributed by atoms with Gasteiger partial charge in [0.25, 0.3) is 0 Å². The van der Waals surface area contributed by atoms with Gasteiger partial charge in [0.2, 0.25) is 0 Å². The van der Waals surface area contributed by atoms with Crippen molar-refractivity contribution in [1.29, 1.82) is 0 Å². The minimum atomic E-state index is -1.50. The Balaban J connectivity index is 3.06. The van der Waals surface area contributed by atoms with E-state index in [1.165, 1.54) is 0 Å². The molecule has 0 fully saturated rings. The molecule has 1 rings (SSSR count). The molecular formula is C10H11F3N2. The van der Waals surface area contributed by atoms with Crippen molar-refractivity contribution in [2.45, 2.75) is 13.3 Å². The van der Waals surface area contributed by atoms with Crippen molar-refractivity contribution in [2.24, 2.45) is 10.7 Å². The monoisotopic (exact) mass is 216 g/mol. The zero-order valence-corrected chi connectivity index (χ0v) is 8.23. The maximum Gasteiger partial charge on any atom is 0.194 e. The first kappa shape index (κ1) is 11.6. The van der Waals surface area contributed by atoms with Crippen LogP contribution < -0.4 is 5.73 Å². The smallest absolute Gasteiger partial charge is 0.194 e. The summed E-state index contributed by atoms with van der Waals surface area (Å²) in [4.78, 5) is 3.86. The second-order valence-electron chi connectivity index (χ2n) is 3.02. The molecule has 0 bridgehead atoms. The summed E-state index contributed by atoms with van der Waals surface area (Å²) in [5.74, 6) is -4.02. The van der Waals surface area contributed by atoms with Crippen LogP contribution in [0.3, 0.4) is 0 Å². The van der Waals surface area contributed by atoms with E-state index in [-0.39, 0.29) is 11.4 Å². The summed E-state index contributed by atoms with van der Waals surface area (Å²) in [7, 11) is 0. The Kier molecular flexibility index (Phi) is 3.71. The first-order valence-corrected chi connectivity index (χ1v) is 4.51. The lowest BCUT2D eigenvalue weighted by Crippen LogP contribution is -2.15. The average molecular weight is 216 g/mol. The standard InChI is InChI=1S/C10H11F3N2/c1-2-3-15-10(14)6-4-7(11)9(13)8(12)5-6/h4-5H,2-3H2,1H3,(H2,14,15). The van der Waals surface area contributed by atoms with Gasteiger partial charge >= 0.3 is 0 Å². The summed E-state index contributed by atoms with van der Waals surface area (Å²) in [6, 6.07) is 1.65. The van der Waals surface area contributed by atoms with Crippen LogP contribution >= 0.6 is 0 Å². The van der Waals surface area contributed by atoms with Crippen molar-refractivity contribution in [3.05, 3.63) is 35.1 Å². The lowest BCUT2D eigenvalue weighted by molar-refractivity contribution is 0.447. The fourth-order valence-corrected chi connectivity index (χ4v) is 1.03. The molecule has 15 heavy (non-hydrogen) atoms. The molecule has 0 unspecified atom stereocenters. The minimum absolute atomic E-state index is 0.00894. The van der Waals surface area contributed by atoms with E-state index in [1.54, 1.807) is 0 Å². The summed E-state index contributed by atoms with van der Waals surface area (Å²) in [5.41, 5.74) is 5.52. The largest absolute Gasteiger partial charge is 0.384 e. The van der Waals surface area contributed by atoms with Gasteiger partial charge in [0.05, 0.1) is 0 Å². The van der Waals surface area contributed by atoms with Crippen LogP contribution in [0.5, 0.6) is 0 Å². The molecule has 0 aliphatic carbocycles. The second-order valence-corrected chi connectivity index (χ2v) is 3.02. The molecule has 1 aromatic rings. The Bertz CT molecular complexity index is 365. The molecule has 0 aliphatic heterocycles.